The van der Waals surface area contributed by atoms with Gasteiger partial charge in [0.15, 0.2) is 11.5 Å². The van der Waals surface area contributed by atoms with Gasteiger partial charge in [-0.3, -0.25) is 9.78 Å². The lowest BCUT2D eigenvalue weighted by atomic mass is 9.86. The van der Waals surface area contributed by atoms with Crippen LogP contribution >= 0.6 is 12.2 Å². The fourth-order valence-electron chi connectivity index (χ4n) is 4.08. The molecule has 202 valence electrons. The topological polar surface area (TPSA) is 87.1 Å². The highest BCUT2D eigenvalue weighted by atomic mass is 32.1. The minimum atomic E-state index is -0.973. The van der Waals surface area contributed by atoms with E-state index in [9.17, 15) is 9.90 Å². The molecule has 0 aliphatic carbocycles. The number of hydrogen-bond donors (Lipinski definition) is 1. The van der Waals surface area contributed by atoms with E-state index in [0.717, 1.165) is 0 Å². The van der Waals surface area contributed by atoms with Crippen molar-refractivity contribution < 1.29 is 37.6 Å². The lowest BCUT2D eigenvalue weighted by Gasteiger charge is -2.27. The van der Waals surface area contributed by atoms with Gasteiger partial charge in [0.1, 0.15) is 34.9 Å². The molecular formula is C28H29F2NO6S. The van der Waals surface area contributed by atoms with Gasteiger partial charge in [-0.05, 0) is 36.6 Å². The Kier molecular flexibility index (Phi) is 9.57. The van der Waals surface area contributed by atoms with E-state index in [1.54, 1.807) is 26.0 Å². The summed E-state index contributed by atoms with van der Waals surface area (Å²) in [5.74, 6) is -3.05. The molecule has 2 atom stereocenters. The Morgan fingerprint density at radius 1 is 0.947 bits per heavy atom. The van der Waals surface area contributed by atoms with Gasteiger partial charge in [0.2, 0.25) is 0 Å². The van der Waals surface area contributed by atoms with Gasteiger partial charge < -0.3 is 24.1 Å². The molecular weight excluding hydrogens is 516 g/mol. The Balaban J connectivity index is 1.86. The van der Waals surface area contributed by atoms with Crippen molar-refractivity contribution >= 4 is 23.1 Å². The number of hydrogen-bond acceptors (Lipinski definition) is 8. The largest absolute Gasteiger partial charge is 0.503 e. The maximum Gasteiger partial charge on any atom is 0.309 e. The smallest absolute Gasteiger partial charge is 0.309 e. The van der Waals surface area contributed by atoms with Gasteiger partial charge in [-0.25, -0.2) is 8.78 Å². The quantitative estimate of drug-likeness (QED) is 0.189. The Hall–Kier alpha value is -3.79. The molecule has 0 saturated heterocycles. The highest BCUT2D eigenvalue weighted by Crippen LogP contribution is 2.36. The fourth-order valence-corrected chi connectivity index (χ4v) is 4.48. The summed E-state index contributed by atoms with van der Waals surface area (Å²) in [7, 11) is 4.22. The maximum absolute atomic E-state index is 15.1. The van der Waals surface area contributed by atoms with Gasteiger partial charge >= 0.3 is 5.97 Å². The average molecular weight is 546 g/mol. The maximum atomic E-state index is 15.1. The van der Waals surface area contributed by atoms with Crippen LogP contribution in [-0.4, -0.2) is 48.4 Å². The summed E-state index contributed by atoms with van der Waals surface area (Å²) >= 11 is 5.40. The molecule has 0 saturated carbocycles. The van der Waals surface area contributed by atoms with Gasteiger partial charge in [0, 0.05) is 29.3 Å². The predicted octanol–water partition coefficient (Wildman–Crippen LogP) is 5.60. The van der Waals surface area contributed by atoms with E-state index < -0.39 is 35.5 Å². The zero-order chi connectivity index (χ0) is 28.0. The van der Waals surface area contributed by atoms with Crippen LogP contribution in [0, 0.1) is 17.6 Å². The first-order valence-corrected chi connectivity index (χ1v) is 12.1. The Morgan fingerprint density at radius 3 is 1.97 bits per heavy atom. The van der Waals surface area contributed by atoms with E-state index >= 15 is 8.78 Å². The summed E-state index contributed by atoms with van der Waals surface area (Å²) in [6, 6.07) is 9.91. The van der Waals surface area contributed by atoms with E-state index in [1.807, 2.05) is 0 Å². The monoisotopic (exact) mass is 545 g/mol. The van der Waals surface area contributed by atoms with Crippen LogP contribution in [0.25, 0.3) is 0 Å². The highest BCUT2D eigenvalue weighted by Gasteiger charge is 2.31. The fraction of sp³-hybridized carbons (Fsp3) is 0.321. The third-order valence-corrected chi connectivity index (χ3v) is 6.48. The second-order valence-corrected chi connectivity index (χ2v) is 9.13. The van der Waals surface area contributed by atoms with Crippen LogP contribution in [0.3, 0.4) is 0 Å². The molecule has 0 fully saturated rings. The third-order valence-electron chi connectivity index (χ3n) is 6.12. The SMILES string of the molecule is COc1ccc(C(c2ccc(OC)cc2F)[C@H](C)OC(=O)[C@H](C)CC(=S)c2nccc(OC)c2O)c(F)c1. The zero-order valence-electron chi connectivity index (χ0n) is 21.7. The van der Waals surface area contributed by atoms with Gasteiger partial charge in [0.05, 0.1) is 33.2 Å². The molecule has 1 aromatic heterocycles. The number of carbonyl (C=O) groups excluding carboxylic acids is 1. The summed E-state index contributed by atoms with van der Waals surface area (Å²) in [5, 5.41) is 10.3. The van der Waals surface area contributed by atoms with E-state index in [0.29, 0.717) is 11.5 Å². The second-order valence-electron chi connectivity index (χ2n) is 8.63. The molecule has 0 amide bonds. The van der Waals surface area contributed by atoms with Gasteiger partial charge in [-0.1, -0.05) is 31.3 Å². The Morgan fingerprint density at radius 2 is 1.50 bits per heavy atom. The first-order valence-electron chi connectivity index (χ1n) is 11.7. The van der Waals surface area contributed by atoms with Crippen molar-refractivity contribution in [2.24, 2.45) is 5.92 Å². The highest BCUT2D eigenvalue weighted by molar-refractivity contribution is 7.80. The zero-order valence-corrected chi connectivity index (χ0v) is 22.5. The molecule has 2 aromatic carbocycles. The number of pyridine rings is 1. The predicted molar refractivity (Wildman–Crippen MR) is 141 cm³/mol. The normalized spacial score (nSPS) is 12.5. The molecule has 0 unspecified atom stereocenters. The van der Waals surface area contributed by atoms with Crippen LogP contribution < -0.4 is 14.2 Å². The number of ether oxygens (including phenoxy) is 4. The van der Waals surface area contributed by atoms with Crippen molar-refractivity contribution in [2.75, 3.05) is 21.3 Å². The minimum Gasteiger partial charge on any atom is -0.503 e. The van der Waals surface area contributed by atoms with Crippen LogP contribution in [0.4, 0.5) is 8.78 Å². The molecule has 38 heavy (non-hydrogen) atoms. The summed E-state index contributed by atoms with van der Waals surface area (Å²) in [4.78, 5) is 17.4. The molecule has 0 aliphatic heterocycles. The van der Waals surface area contributed by atoms with Crippen LogP contribution in [0.2, 0.25) is 0 Å². The van der Waals surface area contributed by atoms with Crippen LogP contribution in [-0.2, 0) is 9.53 Å². The molecule has 10 heteroatoms. The van der Waals surface area contributed by atoms with Gasteiger partial charge in [0.25, 0.3) is 0 Å². The molecule has 7 nitrogen and oxygen atoms in total. The van der Waals surface area contributed by atoms with Crippen molar-refractivity contribution in [1.82, 2.24) is 4.98 Å². The molecule has 3 rings (SSSR count). The van der Waals surface area contributed by atoms with Crippen molar-refractivity contribution in [3.8, 4) is 23.0 Å². The number of benzene rings is 2. The van der Waals surface area contributed by atoms with E-state index in [1.165, 1.54) is 57.9 Å². The van der Waals surface area contributed by atoms with Gasteiger partial charge in [-0.2, -0.15) is 0 Å². The number of thiocarbonyl (C=S) groups is 1. The first kappa shape index (κ1) is 28.8. The molecule has 0 aliphatic rings. The number of methoxy groups -OCH3 is 3. The number of nitrogens with zero attached hydrogens (tertiary/aromatic N) is 1. The summed E-state index contributed by atoms with van der Waals surface area (Å²) in [6.45, 7) is 3.17. The number of aromatic hydroxyl groups is 1. The van der Waals surface area contributed by atoms with Crippen molar-refractivity contribution in [3.63, 3.8) is 0 Å². The molecule has 1 N–H and O–H groups in total. The van der Waals surface area contributed by atoms with Crippen molar-refractivity contribution in [2.45, 2.75) is 32.3 Å². The standard InChI is InChI=1S/C28H29F2NO6S/c1-15(12-24(38)26-27(32)23(36-5)10-11-31-26)28(33)37-16(2)25(19-8-6-17(34-3)13-21(19)29)20-9-7-18(35-4)14-22(20)30/h6-11,13-16,25,32H,12H2,1-5H3/t15-,16+/m1/s1. The number of halogens is 2. The van der Waals surface area contributed by atoms with Crippen LogP contribution in [0.5, 0.6) is 23.0 Å². The van der Waals surface area contributed by atoms with Crippen molar-refractivity contribution in [3.05, 3.63) is 77.1 Å². The molecule has 0 bridgehead atoms. The van der Waals surface area contributed by atoms with E-state index in [4.69, 9.17) is 31.2 Å². The number of rotatable bonds is 11. The minimum absolute atomic E-state index is 0.0487. The lowest BCUT2D eigenvalue weighted by molar-refractivity contribution is -0.153. The average Bonchev–Trinajstić information content (AvgIpc) is 2.90. The van der Waals surface area contributed by atoms with E-state index in [-0.39, 0.29) is 39.6 Å². The van der Waals surface area contributed by atoms with Crippen LogP contribution in [0.1, 0.15) is 43.0 Å². The van der Waals surface area contributed by atoms with Crippen LogP contribution in [0.15, 0.2) is 48.7 Å². The van der Waals surface area contributed by atoms with Gasteiger partial charge in [-0.15, -0.1) is 0 Å². The summed E-state index contributed by atoms with van der Waals surface area (Å²) < 4.78 is 51.2. The number of esters is 1. The molecule has 3 aromatic rings. The number of carbonyl (C=O) groups is 1. The lowest BCUT2D eigenvalue weighted by Crippen LogP contribution is -2.28. The first-order chi connectivity index (χ1) is 18.1. The Labute approximate surface area is 225 Å². The van der Waals surface area contributed by atoms with E-state index in [2.05, 4.69) is 4.98 Å². The molecule has 1 heterocycles. The van der Waals surface area contributed by atoms with Crippen molar-refractivity contribution in [1.29, 1.82) is 0 Å². The third kappa shape index (κ3) is 6.36. The Bertz CT molecular complexity index is 1260. The molecule has 0 spiro atoms. The number of aromatic nitrogens is 1. The second kappa shape index (κ2) is 12.6. The summed E-state index contributed by atoms with van der Waals surface area (Å²) in [5.41, 5.74) is 0.387. The summed E-state index contributed by atoms with van der Waals surface area (Å²) in [6.07, 6.45) is 0.517. The molecule has 0 radical (unpaired) electrons.